The summed E-state index contributed by atoms with van der Waals surface area (Å²) in [6, 6.07) is 3.15. The minimum Gasteiger partial charge on any atom is -0.394 e. The van der Waals surface area contributed by atoms with Crippen LogP contribution in [0.3, 0.4) is 0 Å². The average Bonchev–Trinajstić information content (AvgIpc) is 2.52. The number of carbonyl (C=O) groups excluding carboxylic acids is 1. The first-order valence-corrected chi connectivity index (χ1v) is 6.37. The molecular formula is C13H20N2O6. The molecule has 0 aliphatic rings. The Morgan fingerprint density at radius 2 is 1.86 bits per heavy atom. The maximum absolute atomic E-state index is 12.0. The number of hydrogen-bond acceptors (Lipinski definition) is 7. The Morgan fingerprint density at radius 3 is 2.38 bits per heavy atom. The molecule has 4 atom stereocenters. The van der Waals surface area contributed by atoms with Crippen LogP contribution in [0.4, 0.5) is 0 Å². The van der Waals surface area contributed by atoms with Crippen LogP contribution in [0.5, 0.6) is 0 Å². The van der Waals surface area contributed by atoms with Gasteiger partial charge in [-0.2, -0.15) is 0 Å². The van der Waals surface area contributed by atoms with Crippen LogP contribution in [-0.4, -0.2) is 85.9 Å². The highest BCUT2D eigenvalue weighted by molar-refractivity contribution is 5.93. The first-order valence-electron chi connectivity index (χ1n) is 6.37. The fraction of sp³-hybridized carbons (Fsp3) is 0.538. The molecule has 0 spiro atoms. The molecule has 21 heavy (non-hydrogen) atoms. The number of pyridine rings is 1. The molecule has 1 heterocycles. The van der Waals surface area contributed by atoms with Gasteiger partial charge < -0.3 is 30.4 Å². The van der Waals surface area contributed by atoms with Gasteiger partial charge in [0, 0.05) is 26.0 Å². The minimum atomic E-state index is -1.72. The number of amides is 1. The number of rotatable bonds is 7. The van der Waals surface area contributed by atoms with E-state index < -0.39 is 36.9 Å². The van der Waals surface area contributed by atoms with Crippen LogP contribution in [0, 0.1) is 0 Å². The van der Waals surface area contributed by atoms with E-state index in [1.54, 1.807) is 12.1 Å². The lowest BCUT2D eigenvalue weighted by Crippen LogP contribution is -2.49. The van der Waals surface area contributed by atoms with Crippen molar-refractivity contribution in [3.8, 4) is 0 Å². The molecule has 8 heteroatoms. The van der Waals surface area contributed by atoms with Crippen molar-refractivity contribution in [3.05, 3.63) is 30.1 Å². The van der Waals surface area contributed by atoms with Crippen molar-refractivity contribution in [1.29, 1.82) is 0 Å². The smallest absolute Gasteiger partial charge is 0.255 e. The van der Waals surface area contributed by atoms with E-state index in [4.69, 9.17) is 5.11 Å². The number of hydrogen-bond donors (Lipinski definition) is 5. The predicted molar refractivity (Wildman–Crippen MR) is 72.3 cm³/mol. The van der Waals surface area contributed by atoms with Gasteiger partial charge in [-0.05, 0) is 12.1 Å². The van der Waals surface area contributed by atoms with E-state index in [0.717, 1.165) is 4.90 Å². The zero-order chi connectivity index (χ0) is 16.0. The van der Waals surface area contributed by atoms with E-state index in [1.165, 1.54) is 19.4 Å². The Morgan fingerprint density at radius 1 is 1.24 bits per heavy atom. The second-order valence-electron chi connectivity index (χ2n) is 4.73. The first-order chi connectivity index (χ1) is 9.88. The number of aliphatic hydroxyl groups is 5. The molecule has 8 nitrogen and oxygen atoms in total. The maximum atomic E-state index is 12.0. The van der Waals surface area contributed by atoms with Gasteiger partial charge in [0.05, 0.1) is 12.2 Å². The van der Waals surface area contributed by atoms with Gasteiger partial charge in [0.1, 0.15) is 24.4 Å². The third-order valence-corrected chi connectivity index (χ3v) is 3.04. The van der Waals surface area contributed by atoms with Crippen LogP contribution >= 0.6 is 0 Å². The molecule has 0 aliphatic carbocycles. The van der Waals surface area contributed by atoms with Crippen molar-refractivity contribution >= 4 is 5.91 Å². The lowest BCUT2D eigenvalue weighted by molar-refractivity contribution is -0.117. The molecule has 0 aliphatic heterocycles. The molecule has 0 aromatic carbocycles. The lowest BCUT2D eigenvalue weighted by atomic mass is 10.0. The minimum absolute atomic E-state index is 0.260. The van der Waals surface area contributed by atoms with Gasteiger partial charge in [-0.3, -0.25) is 9.78 Å². The largest absolute Gasteiger partial charge is 0.394 e. The molecule has 0 saturated carbocycles. The van der Waals surface area contributed by atoms with Gasteiger partial charge in [0.15, 0.2) is 0 Å². The highest BCUT2D eigenvalue weighted by Crippen LogP contribution is 2.08. The van der Waals surface area contributed by atoms with Crippen LogP contribution in [0.1, 0.15) is 10.4 Å². The van der Waals surface area contributed by atoms with Crippen molar-refractivity contribution in [2.24, 2.45) is 0 Å². The number of carbonyl (C=O) groups is 1. The normalized spacial score (nSPS) is 16.9. The average molecular weight is 300 g/mol. The third kappa shape index (κ3) is 4.73. The molecule has 0 fully saturated rings. The second-order valence-corrected chi connectivity index (χ2v) is 4.73. The van der Waals surface area contributed by atoms with E-state index in [9.17, 15) is 25.2 Å². The van der Waals surface area contributed by atoms with Crippen molar-refractivity contribution in [2.75, 3.05) is 20.2 Å². The summed E-state index contributed by atoms with van der Waals surface area (Å²) in [5, 5.41) is 46.8. The molecule has 118 valence electrons. The van der Waals surface area contributed by atoms with E-state index in [-0.39, 0.29) is 6.54 Å². The van der Waals surface area contributed by atoms with Gasteiger partial charge in [0.2, 0.25) is 0 Å². The van der Waals surface area contributed by atoms with Gasteiger partial charge in [-0.1, -0.05) is 0 Å². The second kappa shape index (κ2) is 8.01. The predicted octanol–water partition coefficient (Wildman–Crippen LogP) is -2.41. The van der Waals surface area contributed by atoms with E-state index in [1.807, 2.05) is 0 Å². The van der Waals surface area contributed by atoms with Crippen molar-refractivity contribution in [1.82, 2.24) is 9.88 Å². The summed E-state index contributed by atoms with van der Waals surface area (Å²) in [7, 11) is 1.42. The van der Waals surface area contributed by atoms with Crippen LogP contribution in [-0.2, 0) is 0 Å². The van der Waals surface area contributed by atoms with Crippen LogP contribution < -0.4 is 0 Å². The summed E-state index contributed by atoms with van der Waals surface area (Å²) in [6.45, 7) is -1.01. The maximum Gasteiger partial charge on any atom is 0.255 e. The summed E-state index contributed by atoms with van der Waals surface area (Å²) in [5.74, 6) is -0.411. The Balaban J connectivity index is 2.61. The van der Waals surface area contributed by atoms with Crippen molar-refractivity contribution < 1.29 is 30.3 Å². The molecule has 1 amide bonds. The SMILES string of the molecule is CN(C[C@H](O)[C@@H](O)[C@H](O)[C@H](O)CO)C(=O)c1cccnc1. The Bertz CT molecular complexity index is 444. The summed E-state index contributed by atoms with van der Waals surface area (Å²) in [4.78, 5) is 17.0. The fourth-order valence-corrected chi connectivity index (χ4v) is 1.74. The number of aromatic nitrogens is 1. The van der Waals surface area contributed by atoms with Crippen LogP contribution in [0.2, 0.25) is 0 Å². The number of likely N-dealkylation sites (N-methyl/N-ethyl adjacent to an activating group) is 1. The highest BCUT2D eigenvalue weighted by Gasteiger charge is 2.31. The van der Waals surface area contributed by atoms with Crippen LogP contribution in [0.15, 0.2) is 24.5 Å². The number of aliphatic hydroxyl groups excluding tert-OH is 5. The van der Waals surface area contributed by atoms with Crippen molar-refractivity contribution in [3.63, 3.8) is 0 Å². The summed E-state index contributed by atoms with van der Waals surface area (Å²) in [6.07, 6.45) is -3.59. The standard InChI is InChI=1S/C13H20N2O6/c1-15(13(21)8-3-2-4-14-5-8)6-9(17)11(19)12(20)10(18)7-16/h2-5,9-12,16-20H,6-7H2,1H3/t9-,10+,11+,12+/m0/s1. The van der Waals surface area contributed by atoms with Gasteiger partial charge in [0.25, 0.3) is 5.91 Å². The molecule has 1 rings (SSSR count). The van der Waals surface area contributed by atoms with Crippen molar-refractivity contribution in [2.45, 2.75) is 24.4 Å². The highest BCUT2D eigenvalue weighted by atomic mass is 16.4. The zero-order valence-electron chi connectivity index (χ0n) is 11.6. The molecule has 0 saturated heterocycles. The molecule has 0 radical (unpaired) electrons. The Hall–Kier alpha value is -1.58. The molecule has 1 aromatic rings. The van der Waals surface area contributed by atoms with Gasteiger partial charge >= 0.3 is 0 Å². The Labute approximate surface area is 121 Å². The summed E-state index contributed by atoms with van der Waals surface area (Å²) >= 11 is 0. The van der Waals surface area contributed by atoms with E-state index >= 15 is 0 Å². The third-order valence-electron chi connectivity index (χ3n) is 3.04. The molecule has 0 bridgehead atoms. The molecule has 5 N–H and O–H groups in total. The fourth-order valence-electron chi connectivity index (χ4n) is 1.74. The monoisotopic (exact) mass is 300 g/mol. The lowest BCUT2D eigenvalue weighted by Gasteiger charge is -2.28. The zero-order valence-corrected chi connectivity index (χ0v) is 11.6. The van der Waals surface area contributed by atoms with Gasteiger partial charge in [-0.25, -0.2) is 0 Å². The molecule has 0 unspecified atom stereocenters. The summed E-state index contributed by atoms with van der Waals surface area (Å²) in [5.41, 5.74) is 0.317. The van der Waals surface area contributed by atoms with E-state index in [2.05, 4.69) is 4.98 Å². The molecular weight excluding hydrogens is 280 g/mol. The number of nitrogens with zero attached hydrogens (tertiary/aromatic N) is 2. The van der Waals surface area contributed by atoms with Crippen LogP contribution in [0.25, 0.3) is 0 Å². The topological polar surface area (TPSA) is 134 Å². The Kier molecular flexibility index (Phi) is 6.66. The first kappa shape index (κ1) is 17.5. The van der Waals surface area contributed by atoms with E-state index in [0.29, 0.717) is 5.56 Å². The summed E-state index contributed by atoms with van der Waals surface area (Å²) < 4.78 is 0. The quantitative estimate of drug-likeness (QED) is 0.378. The van der Waals surface area contributed by atoms with Gasteiger partial charge in [-0.15, -0.1) is 0 Å². The molecule has 1 aromatic heterocycles.